The van der Waals surface area contributed by atoms with Gasteiger partial charge in [-0.25, -0.2) is 0 Å². The van der Waals surface area contributed by atoms with E-state index in [0.29, 0.717) is 13.2 Å². The molecule has 1 aromatic rings. The number of amides is 1. The molecular weight excluding hydrogens is 294 g/mol. The summed E-state index contributed by atoms with van der Waals surface area (Å²) in [5.74, 6) is -1.17. The van der Waals surface area contributed by atoms with Crippen LogP contribution >= 0.6 is 0 Å². The summed E-state index contributed by atoms with van der Waals surface area (Å²) in [6.07, 6.45) is -0.623. The monoisotopic (exact) mass is 319 g/mol. The number of hydrogen-bond acceptors (Lipinski definition) is 4. The number of nitrogens with zero attached hydrogens (tertiary/aromatic N) is 1. The van der Waals surface area contributed by atoms with Gasteiger partial charge < -0.3 is 14.7 Å². The fourth-order valence-electron chi connectivity index (χ4n) is 3.34. The summed E-state index contributed by atoms with van der Waals surface area (Å²) in [6, 6.07) is 9.69. The molecule has 0 unspecified atom stereocenters. The summed E-state index contributed by atoms with van der Waals surface area (Å²) in [5, 5.41) is 10.0. The quantitative estimate of drug-likeness (QED) is 0.816. The molecule has 0 aromatic heterocycles. The summed E-state index contributed by atoms with van der Waals surface area (Å²) in [4.78, 5) is 26.3. The van der Waals surface area contributed by atoms with Crippen molar-refractivity contribution in [2.45, 2.75) is 39.3 Å². The van der Waals surface area contributed by atoms with E-state index in [0.717, 1.165) is 5.56 Å². The maximum Gasteiger partial charge on any atom is 0.306 e. The van der Waals surface area contributed by atoms with Crippen molar-refractivity contribution in [1.82, 2.24) is 4.90 Å². The summed E-state index contributed by atoms with van der Waals surface area (Å²) in [7, 11) is 0. The minimum absolute atomic E-state index is 0.0860. The molecule has 1 amide bonds. The molecule has 0 spiro atoms. The van der Waals surface area contributed by atoms with E-state index in [1.165, 1.54) is 0 Å². The number of carbonyl (C=O) groups excluding carboxylic acids is 2. The van der Waals surface area contributed by atoms with Gasteiger partial charge >= 0.3 is 5.97 Å². The van der Waals surface area contributed by atoms with Crippen molar-refractivity contribution >= 4 is 11.9 Å². The normalized spacial score (nSPS) is 23.7. The number of ether oxygens (including phenoxy) is 1. The summed E-state index contributed by atoms with van der Waals surface area (Å²) >= 11 is 0. The second-order valence-corrected chi connectivity index (χ2v) is 6.11. The molecule has 0 radical (unpaired) electrons. The maximum absolute atomic E-state index is 12.7. The first-order chi connectivity index (χ1) is 11.0. The molecule has 1 heterocycles. The molecule has 2 rings (SSSR count). The van der Waals surface area contributed by atoms with Gasteiger partial charge in [0.25, 0.3) is 0 Å². The zero-order valence-corrected chi connectivity index (χ0v) is 13.9. The largest absolute Gasteiger partial charge is 0.466 e. The van der Waals surface area contributed by atoms with E-state index in [9.17, 15) is 14.7 Å². The number of benzene rings is 1. The van der Waals surface area contributed by atoms with Crippen molar-refractivity contribution in [2.24, 2.45) is 11.8 Å². The van der Waals surface area contributed by atoms with Crippen LogP contribution in [0.1, 0.15) is 38.8 Å². The number of carbonyl (C=O) groups is 2. The lowest BCUT2D eigenvalue weighted by Gasteiger charge is -2.25. The molecule has 4 atom stereocenters. The van der Waals surface area contributed by atoms with Crippen molar-refractivity contribution in [2.75, 3.05) is 13.2 Å². The Morgan fingerprint density at radius 2 is 2.00 bits per heavy atom. The van der Waals surface area contributed by atoms with Crippen LogP contribution < -0.4 is 0 Å². The van der Waals surface area contributed by atoms with Gasteiger partial charge in [-0.2, -0.15) is 0 Å². The summed E-state index contributed by atoms with van der Waals surface area (Å²) < 4.78 is 5.00. The summed E-state index contributed by atoms with van der Waals surface area (Å²) in [6.45, 7) is 6.12. The molecule has 0 bridgehead atoms. The molecule has 1 N–H and O–H groups in total. The number of likely N-dealkylation sites (tertiary alicyclic amines) is 1. The fourth-order valence-corrected chi connectivity index (χ4v) is 3.34. The topological polar surface area (TPSA) is 66.8 Å². The second-order valence-electron chi connectivity index (χ2n) is 6.11. The molecule has 126 valence electrons. The van der Waals surface area contributed by atoms with Crippen LogP contribution in [0.5, 0.6) is 0 Å². The number of hydrogen-bond donors (Lipinski definition) is 1. The van der Waals surface area contributed by atoms with Crippen LogP contribution in [0, 0.1) is 11.8 Å². The number of aliphatic hydroxyl groups excluding tert-OH is 1. The third kappa shape index (κ3) is 3.91. The Kier molecular flexibility index (Phi) is 5.77. The Hall–Kier alpha value is -1.88. The highest BCUT2D eigenvalue weighted by Crippen LogP contribution is 2.35. The van der Waals surface area contributed by atoms with Crippen LogP contribution in [0.15, 0.2) is 30.3 Å². The number of rotatable bonds is 6. The second kappa shape index (κ2) is 7.59. The predicted octanol–water partition coefficient (Wildman–Crippen LogP) is 2.16. The Morgan fingerprint density at radius 1 is 1.35 bits per heavy atom. The van der Waals surface area contributed by atoms with E-state index in [2.05, 4.69) is 0 Å². The average molecular weight is 319 g/mol. The lowest BCUT2D eigenvalue weighted by Crippen LogP contribution is -2.33. The predicted molar refractivity (Wildman–Crippen MR) is 86.5 cm³/mol. The van der Waals surface area contributed by atoms with Crippen LogP contribution in [0.25, 0.3) is 0 Å². The van der Waals surface area contributed by atoms with E-state index in [-0.39, 0.29) is 30.3 Å². The Bertz CT molecular complexity index is 543. The maximum atomic E-state index is 12.7. The molecule has 1 aromatic carbocycles. The molecule has 23 heavy (non-hydrogen) atoms. The van der Waals surface area contributed by atoms with Crippen molar-refractivity contribution < 1.29 is 19.4 Å². The highest BCUT2D eigenvalue weighted by Gasteiger charge is 2.45. The molecule has 1 fully saturated rings. The SMILES string of the molecule is CCOC(=O)C[C@H]1CN([C@@H](C)c2ccccc2)C(=O)[C@@H]1[C@H](C)O. The Morgan fingerprint density at radius 3 is 2.57 bits per heavy atom. The van der Waals surface area contributed by atoms with E-state index in [1.807, 2.05) is 37.3 Å². The first-order valence-corrected chi connectivity index (χ1v) is 8.14. The van der Waals surface area contributed by atoms with Gasteiger partial charge in [-0.3, -0.25) is 9.59 Å². The van der Waals surface area contributed by atoms with Gasteiger partial charge in [0.2, 0.25) is 5.91 Å². The smallest absolute Gasteiger partial charge is 0.306 e. The highest BCUT2D eigenvalue weighted by atomic mass is 16.5. The third-order valence-corrected chi connectivity index (χ3v) is 4.51. The Balaban J connectivity index is 2.16. The molecule has 1 aliphatic heterocycles. The first kappa shape index (κ1) is 17.5. The third-order valence-electron chi connectivity index (χ3n) is 4.51. The van der Waals surface area contributed by atoms with Crippen LogP contribution in [0.4, 0.5) is 0 Å². The first-order valence-electron chi connectivity index (χ1n) is 8.14. The zero-order valence-electron chi connectivity index (χ0n) is 13.9. The highest BCUT2D eigenvalue weighted by molar-refractivity contribution is 5.83. The van der Waals surface area contributed by atoms with Gasteiger partial charge in [-0.15, -0.1) is 0 Å². The minimum atomic E-state index is -0.783. The van der Waals surface area contributed by atoms with Gasteiger partial charge in [0.15, 0.2) is 0 Å². The molecule has 1 aliphatic rings. The van der Waals surface area contributed by atoms with E-state index in [4.69, 9.17) is 4.74 Å². The van der Waals surface area contributed by atoms with Crippen LogP contribution in [0.2, 0.25) is 0 Å². The summed E-state index contributed by atoms with van der Waals surface area (Å²) in [5.41, 5.74) is 1.04. The molecule has 0 aliphatic carbocycles. The van der Waals surface area contributed by atoms with Gasteiger partial charge in [0, 0.05) is 12.5 Å². The van der Waals surface area contributed by atoms with Gasteiger partial charge in [0.05, 0.1) is 31.1 Å². The minimum Gasteiger partial charge on any atom is -0.466 e. The van der Waals surface area contributed by atoms with Crippen LogP contribution in [0.3, 0.4) is 0 Å². The Labute approximate surface area is 137 Å². The molecule has 5 nitrogen and oxygen atoms in total. The number of aliphatic hydroxyl groups is 1. The molecule has 1 saturated heterocycles. The van der Waals surface area contributed by atoms with Gasteiger partial charge in [0.1, 0.15) is 0 Å². The lowest BCUT2D eigenvalue weighted by molar-refractivity contribution is -0.144. The van der Waals surface area contributed by atoms with Gasteiger partial charge in [-0.05, 0) is 26.3 Å². The molecule has 5 heteroatoms. The standard InChI is InChI=1S/C18H25NO4/c1-4-23-16(21)10-15-11-19(18(22)17(15)13(3)20)12(2)14-8-6-5-7-9-14/h5-9,12-13,15,17,20H,4,10-11H2,1-3H3/t12-,13-,15-,17+/m0/s1. The zero-order chi connectivity index (χ0) is 17.0. The average Bonchev–Trinajstić information content (AvgIpc) is 2.84. The van der Waals surface area contributed by atoms with E-state index >= 15 is 0 Å². The van der Waals surface area contributed by atoms with E-state index < -0.39 is 12.0 Å². The van der Waals surface area contributed by atoms with Crippen LogP contribution in [-0.2, 0) is 14.3 Å². The van der Waals surface area contributed by atoms with Crippen molar-refractivity contribution in [3.05, 3.63) is 35.9 Å². The number of esters is 1. The molecular formula is C18H25NO4. The van der Waals surface area contributed by atoms with Crippen molar-refractivity contribution in [1.29, 1.82) is 0 Å². The van der Waals surface area contributed by atoms with Crippen LogP contribution in [-0.4, -0.2) is 41.1 Å². The van der Waals surface area contributed by atoms with Gasteiger partial charge in [-0.1, -0.05) is 30.3 Å². The van der Waals surface area contributed by atoms with Crippen molar-refractivity contribution in [3.8, 4) is 0 Å². The molecule has 0 saturated carbocycles. The fraction of sp³-hybridized carbons (Fsp3) is 0.556. The van der Waals surface area contributed by atoms with E-state index in [1.54, 1.807) is 18.7 Å². The van der Waals surface area contributed by atoms with Crippen molar-refractivity contribution in [3.63, 3.8) is 0 Å². The lowest BCUT2D eigenvalue weighted by atomic mass is 9.88.